The average molecular weight is 393 g/mol. The number of hydrogen-bond donors (Lipinski definition) is 2. The lowest BCUT2D eigenvalue weighted by atomic mass is 9.92. The van der Waals surface area contributed by atoms with Crippen molar-refractivity contribution in [3.63, 3.8) is 0 Å². The van der Waals surface area contributed by atoms with E-state index in [4.69, 9.17) is 5.26 Å². The van der Waals surface area contributed by atoms with Gasteiger partial charge in [0.2, 0.25) is 5.91 Å². The van der Waals surface area contributed by atoms with E-state index in [0.29, 0.717) is 5.56 Å². The monoisotopic (exact) mass is 393 g/mol. The van der Waals surface area contributed by atoms with Gasteiger partial charge in [-0.05, 0) is 18.6 Å². The summed E-state index contributed by atoms with van der Waals surface area (Å²) in [5, 5.41) is 24.9. The Kier molecular flexibility index (Phi) is 4.97. The largest absolute Gasteiger partial charge is 0.325 e. The molecule has 4 amide bonds. The standard InChI is InChI=1S/C19H15N5O5/c1-19(13-5-3-2-4-6-13)17(26)23(18(27)22-19)11-16(25)21-15-8-7-14(24(28)29)9-12(15)10-20/h2-9H,11H2,1H3,(H,21,25)(H,22,27). The fourth-order valence-corrected chi connectivity index (χ4v) is 2.99. The molecule has 10 nitrogen and oxygen atoms in total. The maximum atomic E-state index is 12.8. The zero-order valence-corrected chi connectivity index (χ0v) is 15.2. The van der Waals surface area contributed by atoms with Gasteiger partial charge in [0.05, 0.1) is 16.2 Å². The number of amides is 4. The van der Waals surface area contributed by atoms with Gasteiger partial charge in [0.1, 0.15) is 18.2 Å². The number of anilines is 1. The minimum atomic E-state index is -1.30. The van der Waals surface area contributed by atoms with Gasteiger partial charge in [-0.2, -0.15) is 5.26 Å². The van der Waals surface area contributed by atoms with Gasteiger partial charge in [0.15, 0.2) is 0 Å². The van der Waals surface area contributed by atoms with Crippen LogP contribution in [0.2, 0.25) is 0 Å². The van der Waals surface area contributed by atoms with Gasteiger partial charge in [-0.25, -0.2) is 4.79 Å². The normalized spacial score (nSPS) is 18.1. The number of non-ortho nitro benzene ring substituents is 1. The number of nitrogens with zero attached hydrogens (tertiary/aromatic N) is 3. The Balaban J connectivity index is 1.76. The van der Waals surface area contributed by atoms with Crippen LogP contribution in [-0.4, -0.2) is 34.2 Å². The first-order valence-electron chi connectivity index (χ1n) is 8.44. The third-order valence-corrected chi connectivity index (χ3v) is 4.54. The molecule has 0 aliphatic carbocycles. The number of urea groups is 1. The predicted molar refractivity (Wildman–Crippen MR) is 100 cm³/mol. The summed E-state index contributed by atoms with van der Waals surface area (Å²) in [4.78, 5) is 48.4. The second kappa shape index (κ2) is 7.40. The Bertz CT molecular complexity index is 1060. The van der Waals surface area contributed by atoms with E-state index in [9.17, 15) is 24.5 Å². The summed E-state index contributed by atoms with van der Waals surface area (Å²) in [7, 11) is 0. The van der Waals surface area contributed by atoms with Crippen molar-refractivity contribution in [2.24, 2.45) is 0 Å². The van der Waals surface area contributed by atoms with Crippen molar-refractivity contribution in [3.05, 3.63) is 69.8 Å². The van der Waals surface area contributed by atoms with Gasteiger partial charge in [-0.3, -0.25) is 24.6 Å². The lowest BCUT2D eigenvalue weighted by Gasteiger charge is -2.22. The molecule has 3 rings (SSSR count). The zero-order chi connectivity index (χ0) is 21.2. The molecule has 0 radical (unpaired) electrons. The third-order valence-electron chi connectivity index (χ3n) is 4.54. The Morgan fingerprint density at radius 1 is 1.28 bits per heavy atom. The SMILES string of the molecule is CC1(c2ccccc2)NC(=O)N(CC(=O)Nc2ccc([N+](=O)[O-])cc2C#N)C1=O. The molecule has 2 aromatic carbocycles. The van der Waals surface area contributed by atoms with Crippen LogP contribution in [0.5, 0.6) is 0 Å². The van der Waals surface area contributed by atoms with Crippen molar-refractivity contribution in [2.45, 2.75) is 12.5 Å². The molecule has 0 saturated carbocycles. The Hall–Kier alpha value is -4.26. The maximum Gasteiger partial charge on any atom is 0.325 e. The average Bonchev–Trinajstić information content (AvgIpc) is 2.92. The number of carbonyl (C=O) groups is 3. The fourth-order valence-electron chi connectivity index (χ4n) is 2.99. The smallest absolute Gasteiger partial charge is 0.323 e. The number of nitro benzene ring substituents is 1. The summed E-state index contributed by atoms with van der Waals surface area (Å²) in [6.07, 6.45) is 0. The molecular formula is C19H15N5O5. The molecule has 1 heterocycles. The summed E-state index contributed by atoms with van der Waals surface area (Å²) in [5.41, 5.74) is -1.10. The molecule has 2 N–H and O–H groups in total. The van der Waals surface area contributed by atoms with Crippen molar-refractivity contribution in [1.29, 1.82) is 5.26 Å². The number of nitriles is 1. The van der Waals surface area contributed by atoms with E-state index >= 15 is 0 Å². The number of rotatable bonds is 5. The number of benzene rings is 2. The van der Waals surface area contributed by atoms with Gasteiger partial charge >= 0.3 is 6.03 Å². The van der Waals surface area contributed by atoms with Crippen LogP contribution in [0.4, 0.5) is 16.2 Å². The van der Waals surface area contributed by atoms with Crippen LogP contribution in [0, 0.1) is 21.4 Å². The van der Waals surface area contributed by atoms with Crippen LogP contribution in [0.1, 0.15) is 18.1 Å². The minimum absolute atomic E-state index is 0.0426. The Morgan fingerprint density at radius 3 is 2.59 bits per heavy atom. The second-order valence-corrected chi connectivity index (χ2v) is 6.46. The lowest BCUT2D eigenvalue weighted by Crippen LogP contribution is -2.42. The van der Waals surface area contributed by atoms with Crippen LogP contribution < -0.4 is 10.6 Å². The van der Waals surface area contributed by atoms with E-state index in [0.717, 1.165) is 17.0 Å². The van der Waals surface area contributed by atoms with E-state index in [1.807, 2.05) is 0 Å². The molecule has 0 spiro atoms. The summed E-state index contributed by atoms with van der Waals surface area (Å²) >= 11 is 0. The first-order valence-corrected chi connectivity index (χ1v) is 8.44. The van der Waals surface area contributed by atoms with Crippen LogP contribution >= 0.6 is 0 Å². The highest BCUT2D eigenvalue weighted by Gasteiger charge is 2.49. The molecule has 146 valence electrons. The van der Waals surface area contributed by atoms with Crippen LogP contribution in [0.15, 0.2) is 48.5 Å². The molecule has 1 saturated heterocycles. The van der Waals surface area contributed by atoms with Crippen molar-refractivity contribution in [2.75, 3.05) is 11.9 Å². The highest BCUT2D eigenvalue weighted by atomic mass is 16.6. The summed E-state index contributed by atoms with van der Waals surface area (Å²) in [6.45, 7) is 0.972. The molecule has 29 heavy (non-hydrogen) atoms. The Morgan fingerprint density at radius 2 is 1.97 bits per heavy atom. The molecule has 1 atom stereocenters. The second-order valence-electron chi connectivity index (χ2n) is 6.46. The molecule has 1 aliphatic heterocycles. The first kappa shape index (κ1) is 19.5. The molecule has 0 bridgehead atoms. The van der Waals surface area contributed by atoms with Crippen molar-refractivity contribution < 1.29 is 19.3 Å². The van der Waals surface area contributed by atoms with Gasteiger partial charge in [-0.1, -0.05) is 30.3 Å². The lowest BCUT2D eigenvalue weighted by molar-refractivity contribution is -0.384. The van der Waals surface area contributed by atoms with E-state index in [1.165, 1.54) is 6.07 Å². The highest BCUT2D eigenvalue weighted by molar-refractivity contribution is 6.10. The fraction of sp³-hybridized carbons (Fsp3) is 0.158. The van der Waals surface area contributed by atoms with Gasteiger partial charge in [-0.15, -0.1) is 0 Å². The molecule has 10 heteroatoms. The van der Waals surface area contributed by atoms with Gasteiger partial charge in [0.25, 0.3) is 11.6 Å². The summed E-state index contributed by atoms with van der Waals surface area (Å²) < 4.78 is 0. The number of hydrogen-bond acceptors (Lipinski definition) is 6. The van der Waals surface area contributed by atoms with E-state index in [1.54, 1.807) is 43.3 Å². The maximum absolute atomic E-state index is 12.8. The van der Waals surface area contributed by atoms with Gasteiger partial charge in [0, 0.05) is 12.1 Å². The van der Waals surface area contributed by atoms with E-state index < -0.39 is 34.9 Å². The van der Waals surface area contributed by atoms with Crippen LogP contribution in [0.3, 0.4) is 0 Å². The highest BCUT2D eigenvalue weighted by Crippen LogP contribution is 2.28. The Labute approximate surface area is 164 Å². The van der Waals surface area contributed by atoms with Crippen molar-refractivity contribution in [3.8, 4) is 6.07 Å². The third kappa shape index (κ3) is 3.61. The van der Waals surface area contributed by atoms with Crippen molar-refractivity contribution in [1.82, 2.24) is 10.2 Å². The number of nitrogens with one attached hydrogen (secondary N) is 2. The van der Waals surface area contributed by atoms with Crippen LogP contribution in [-0.2, 0) is 15.1 Å². The van der Waals surface area contributed by atoms with Crippen LogP contribution in [0.25, 0.3) is 0 Å². The molecular weight excluding hydrogens is 378 g/mol. The zero-order valence-electron chi connectivity index (χ0n) is 15.2. The molecule has 0 aromatic heterocycles. The molecule has 1 aliphatic rings. The minimum Gasteiger partial charge on any atom is -0.323 e. The number of imide groups is 1. The topological polar surface area (TPSA) is 145 Å². The quantitative estimate of drug-likeness (QED) is 0.450. The number of nitro groups is 1. The van der Waals surface area contributed by atoms with Gasteiger partial charge < -0.3 is 10.6 Å². The van der Waals surface area contributed by atoms with E-state index in [-0.39, 0.29) is 16.9 Å². The molecule has 1 unspecified atom stereocenters. The van der Waals surface area contributed by atoms with Crippen molar-refractivity contribution >= 4 is 29.2 Å². The first-order chi connectivity index (χ1) is 13.8. The molecule has 1 fully saturated rings. The molecule has 2 aromatic rings. The summed E-state index contributed by atoms with van der Waals surface area (Å²) in [5.74, 6) is -1.32. The predicted octanol–water partition coefficient (Wildman–Crippen LogP) is 1.87. The number of carbonyl (C=O) groups excluding carboxylic acids is 3. The van der Waals surface area contributed by atoms with E-state index in [2.05, 4.69) is 10.6 Å². The summed E-state index contributed by atoms with van der Waals surface area (Å²) in [6, 6.07) is 13.0.